The number of ether oxygens (including phenoxy) is 1. The second-order valence-corrected chi connectivity index (χ2v) is 10.2. The molecule has 0 saturated carbocycles. The fraction of sp³-hybridized carbons (Fsp3) is 0.483. The Morgan fingerprint density at radius 2 is 1.74 bits per heavy atom. The van der Waals surface area contributed by atoms with Crippen LogP contribution in [-0.2, 0) is 20.7 Å². The molecule has 38 heavy (non-hydrogen) atoms. The molecule has 0 heterocycles. The number of phenols is 1. The number of aliphatic hydroxyl groups is 1. The molecule has 0 aliphatic heterocycles. The Labute approximate surface area is 225 Å². The second kappa shape index (κ2) is 14.4. The summed E-state index contributed by atoms with van der Waals surface area (Å²) in [6.45, 7) is 8.62. The van der Waals surface area contributed by atoms with E-state index in [1.165, 1.54) is 4.90 Å². The summed E-state index contributed by atoms with van der Waals surface area (Å²) in [5.74, 6) is -1.19. The van der Waals surface area contributed by atoms with Gasteiger partial charge in [0.15, 0.2) is 0 Å². The van der Waals surface area contributed by atoms with Crippen LogP contribution < -0.4 is 10.6 Å². The van der Waals surface area contributed by atoms with Gasteiger partial charge in [0.25, 0.3) is 0 Å². The third-order valence-electron chi connectivity index (χ3n) is 5.85. The first-order chi connectivity index (χ1) is 18.0. The van der Waals surface area contributed by atoms with Gasteiger partial charge < -0.3 is 30.5 Å². The molecule has 208 valence electrons. The third-order valence-corrected chi connectivity index (χ3v) is 5.85. The highest BCUT2D eigenvalue weighted by Gasteiger charge is 2.37. The van der Waals surface area contributed by atoms with Crippen LogP contribution in [0.5, 0.6) is 5.75 Å². The van der Waals surface area contributed by atoms with Crippen molar-refractivity contribution in [3.05, 3.63) is 65.2 Å². The molecule has 2 rings (SSSR count). The van der Waals surface area contributed by atoms with Crippen LogP contribution in [0.1, 0.15) is 63.3 Å². The van der Waals surface area contributed by atoms with Gasteiger partial charge in [-0.2, -0.15) is 0 Å². The number of benzene rings is 2. The third kappa shape index (κ3) is 9.06. The number of amides is 3. The predicted octanol–water partition coefficient (Wildman–Crippen LogP) is 3.61. The van der Waals surface area contributed by atoms with Crippen molar-refractivity contribution in [2.75, 3.05) is 19.7 Å². The van der Waals surface area contributed by atoms with Crippen molar-refractivity contribution in [2.24, 2.45) is 0 Å². The number of hydrogen-bond donors (Lipinski definition) is 4. The highest BCUT2D eigenvalue weighted by atomic mass is 16.6. The fourth-order valence-corrected chi connectivity index (χ4v) is 4.01. The summed E-state index contributed by atoms with van der Waals surface area (Å²) >= 11 is 0. The van der Waals surface area contributed by atoms with Gasteiger partial charge in [-0.1, -0.05) is 61.9 Å². The van der Waals surface area contributed by atoms with Crippen molar-refractivity contribution < 1.29 is 29.3 Å². The van der Waals surface area contributed by atoms with Gasteiger partial charge in [-0.25, -0.2) is 4.79 Å². The van der Waals surface area contributed by atoms with Crippen LogP contribution in [-0.4, -0.2) is 64.4 Å². The summed E-state index contributed by atoms with van der Waals surface area (Å²) in [5.41, 5.74) is 0.771. The van der Waals surface area contributed by atoms with Crippen LogP contribution in [0.3, 0.4) is 0 Å². The number of hydrogen-bond acceptors (Lipinski definition) is 6. The molecule has 9 nitrogen and oxygen atoms in total. The lowest BCUT2D eigenvalue weighted by molar-refractivity contribution is -0.143. The Balaban J connectivity index is 2.53. The number of carbonyl (C=O) groups is 3. The Kier molecular flexibility index (Phi) is 11.6. The molecule has 0 aromatic heterocycles. The molecule has 2 atom stereocenters. The Bertz CT molecular complexity index is 1070. The number of nitrogens with one attached hydrogen (secondary N) is 2. The van der Waals surface area contributed by atoms with E-state index in [-0.39, 0.29) is 24.3 Å². The number of unbranched alkanes of at least 4 members (excludes halogenated alkanes) is 1. The molecule has 0 radical (unpaired) electrons. The fourth-order valence-electron chi connectivity index (χ4n) is 4.01. The van der Waals surface area contributed by atoms with Crippen molar-refractivity contribution in [2.45, 2.75) is 71.6 Å². The van der Waals surface area contributed by atoms with Gasteiger partial charge in [-0.3, -0.25) is 9.59 Å². The lowest BCUT2D eigenvalue weighted by Gasteiger charge is -2.34. The summed E-state index contributed by atoms with van der Waals surface area (Å²) < 4.78 is 5.40. The summed E-state index contributed by atoms with van der Waals surface area (Å²) in [4.78, 5) is 41.5. The molecule has 2 aromatic carbocycles. The SMILES string of the molecule is CCCCNC(=O)C(c1cccc(C)c1O)N(CCO)C(=O)C(Cc1ccccc1)NC(=O)OC(C)(C)C. The zero-order valence-corrected chi connectivity index (χ0v) is 23.0. The molecule has 0 aliphatic carbocycles. The smallest absolute Gasteiger partial charge is 0.408 e. The average molecular weight is 528 g/mol. The summed E-state index contributed by atoms with van der Waals surface area (Å²) in [6, 6.07) is 11.8. The minimum Gasteiger partial charge on any atom is -0.507 e. The monoisotopic (exact) mass is 527 g/mol. The topological polar surface area (TPSA) is 128 Å². The Hall–Kier alpha value is -3.59. The van der Waals surface area contributed by atoms with E-state index in [4.69, 9.17) is 4.74 Å². The molecule has 0 spiro atoms. The van der Waals surface area contributed by atoms with Gasteiger partial charge in [-0.15, -0.1) is 0 Å². The van der Waals surface area contributed by atoms with Gasteiger partial charge in [0, 0.05) is 25.1 Å². The maximum Gasteiger partial charge on any atom is 0.408 e. The summed E-state index contributed by atoms with van der Waals surface area (Å²) in [6.07, 6.45) is 0.949. The molecular formula is C29H41N3O6. The lowest BCUT2D eigenvalue weighted by Crippen LogP contribution is -2.54. The molecule has 0 bridgehead atoms. The summed E-state index contributed by atoms with van der Waals surface area (Å²) in [7, 11) is 0. The number of phenolic OH excluding ortho intramolecular Hbond substituents is 1. The van der Waals surface area contributed by atoms with Crippen LogP contribution in [0.25, 0.3) is 0 Å². The average Bonchev–Trinajstić information content (AvgIpc) is 2.85. The predicted molar refractivity (Wildman–Crippen MR) is 146 cm³/mol. The molecule has 0 saturated heterocycles. The first-order valence-electron chi connectivity index (χ1n) is 13.0. The molecule has 4 N–H and O–H groups in total. The van der Waals surface area contributed by atoms with Crippen molar-refractivity contribution in [1.82, 2.24) is 15.5 Å². The van der Waals surface area contributed by atoms with E-state index in [2.05, 4.69) is 10.6 Å². The van der Waals surface area contributed by atoms with Gasteiger partial charge >= 0.3 is 6.09 Å². The number of para-hydroxylation sites is 1. The zero-order chi connectivity index (χ0) is 28.3. The van der Waals surface area contributed by atoms with E-state index < -0.39 is 42.2 Å². The molecule has 3 amide bonds. The van der Waals surface area contributed by atoms with Crippen LogP contribution >= 0.6 is 0 Å². The first-order valence-corrected chi connectivity index (χ1v) is 13.0. The molecule has 2 aromatic rings. The number of rotatable bonds is 12. The largest absolute Gasteiger partial charge is 0.507 e. The quantitative estimate of drug-likeness (QED) is 0.312. The highest BCUT2D eigenvalue weighted by Crippen LogP contribution is 2.32. The van der Waals surface area contributed by atoms with E-state index >= 15 is 0 Å². The van der Waals surface area contributed by atoms with Crippen molar-refractivity contribution in [3.8, 4) is 5.75 Å². The molecule has 2 unspecified atom stereocenters. The number of aryl methyl sites for hydroxylation is 1. The number of aliphatic hydroxyl groups excluding tert-OH is 1. The number of nitrogens with zero attached hydrogens (tertiary/aromatic N) is 1. The van der Waals surface area contributed by atoms with E-state index in [0.717, 1.165) is 18.4 Å². The van der Waals surface area contributed by atoms with Crippen LogP contribution in [0.2, 0.25) is 0 Å². The van der Waals surface area contributed by atoms with Gasteiger partial charge in [-0.05, 0) is 45.2 Å². The highest BCUT2D eigenvalue weighted by molar-refractivity contribution is 5.92. The standard InChI is InChI=1S/C29H41N3O6/c1-6-7-16-30-26(35)24(22-15-11-12-20(2)25(22)34)32(17-18-33)27(36)23(19-21-13-9-8-10-14-21)31-28(37)38-29(3,4)5/h8-15,23-24,33-34H,6-7,16-19H2,1-5H3,(H,30,35)(H,31,37). The van der Waals surface area contributed by atoms with Crippen LogP contribution in [0.15, 0.2) is 48.5 Å². The van der Waals surface area contributed by atoms with Crippen molar-refractivity contribution in [3.63, 3.8) is 0 Å². The lowest BCUT2D eigenvalue weighted by atomic mass is 9.98. The summed E-state index contributed by atoms with van der Waals surface area (Å²) in [5, 5.41) is 26.3. The zero-order valence-electron chi connectivity index (χ0n) is 23.0. The van der Waals surface area contributed by atoms with Gasteiger partial charge in [0.05, 0.1) is 6.61 Å². The van der Waals surface area contributed by atoms with Crippen molar-refractivity contribution in [1.29, 1.82) is 0 Å². The minimum atomic E-state index is -1.23. The number of carbonyl (C=O) groups excluding carboxylic acids is 3. The Morgan fingerprint density at radius 1 is 1.05 bits per heavy atom. The van der Waals surface area contributed by atoms with Crippen LogP contribution in [0, 0.1) is 6.92 Å². The maximum atomic E-state index is 14.1. The van der Waals surface area contributed by atoms with E-state index in [1.54, 1.807) is 45.9 Å². The normalized spacial score (nSPS) is 12.8. The molecule has 0 fully saturated rings. The second-order valence-electron chi connectivity index (χ2n) is 10.2. The Morgan fingerprint density at radius 3 is 2.34 bits per heavy atom. The van der Waals surface area contributed by atoms with E-state index in [9.17, 15) is 24.6 Å². The number of alkyl carbamates (subject to hydrolysis) is 1. The van der Waals surface area contributed by atoms with E-state index in [0.29, 0.717) is 12.1 Å². The first kappa shape index (κ1) is 30.6. The van der Waals surface area contributed by atoms with Crippen molar-refractivity contribution >= 4 is 17.9 Å². The van der Waals surface area contributed by atoms with Gasteiger partial charge in [0.2, 0.25) is 11.8 Å². The molecule has 9 heteroatoms. The number of aromatic hydroxyl groups is 1. The van der Waals surface area contributed by atoms with E-state index in [1.807, 2.05) is 37.3 Å². The van der Waals surface area contributed by atoms with Crippen LogP contribution in [0.4, 0.5) is 4.79 Å². The maximum absolute atomic E-state index is 14.1. The molecule has 0 aliphatic rings. The molecular weight excluding hydrogens is 486 g/mol. The van der Waals surface area contributed by atoms with Gasteiger partial charge in [0.1, 0.15) is 23.4 Å². The minimum absolute atomic E-state index is 0.112.